The molecule has 0 spiro atoms. The summed E-state index contributed by atoms with van der Waals surface area (Å²) < 4.78 is 11.9. The highest BCUT2D eigenvalue weighted by Crippen LogP contribution is 2.31. The van der Waals surface area contributed by atoms with E-state index in [-0.39, 0.29) is 30.4 Å². The third-order valence-corrected chi connectivity index (χ3v) is 6.13. The van der Waals surface area contributed by atoms with Crippen LogP contribution in [0.5, 0.6) is 11.5 Å². The average molecular weight is 534 g/mol. The Morgan fingerprint density at radius 2 is 1.71 bits per heavy atom. The zero-order valence-corrected chi connectivity index (χ0v) is 22.9. The van der Waals surface area contributed by atoms with E-state index in [0.29, 0.717) is 18.2 Å². The lowest BCUT2D eigenvalue weighted by Gasteiger charge is -2.29. The van der Waals surface area contributed by atoms with Crippen molar-refractivity contribution in [3.8, 4) is 11.5 Å². The number of methoxy groups -OCH3 is 1. The fourth-order valence-electron chi connectivity index (χ4n) is 3.27. The van der Waals surface area contributed by atoms with E-state index >= 15 is 0 Å². The van der Waals surface area contributed by atoms with Crippen LogP contribution in [0.15, 0.2) is 46.9 Å². The highest BCUT2D eigenvalue weighted by molar-refractivity contribution is 9.10. The van der Waals surface area contributed by atoms with Crippen LogP contribution in [-0.4, -0.2) is 43.0 Å². The van der Waals surface area contributed by atoms with Crippen molar-refractivity contribution in [2.75, 3.05) is 20.3 Å². The van der Waals surface area contributed by atoms with Gasteiger partial charge in [-0.15, -0.1) is 0 Å². The molecule has 2 rings (SSSR count). The minimum Gasteiger partial charge on any atom is -0.497 e. The quantitative estimate of drug-likeness (QED) is 0.449. The largest absolute Gasteiger partial charge is 0.497 e. The van der Waals surface area contributed by atoms with E-state index in [9.17, 15) is 9.59 Å². The van der Waals surface area contributed by atoms with E-state index < -0.39 is 6.04 Å². The Morgan fingerprint density at radius 3 is 2.24 bits per heavy atom. The number of carbonyl (C=O) groups excluding carboxylic acids is 2. The Bertz CT molecular complexity index is 968. The lowest BCUT2D eigenvalue weighted by atomic mass is 9.87. The van der Waals surface area contributed by atoms with Crippen LogP contribution in [0.1, 0.15) is 52.7 Å². The zero-order chi connectivity index (χ0) is 25.5. The third kappa shape index (κ3) is 8.05. The van der Waals surface area contributed by atoms with Gasteiger partial charge in [-0.2, -0.15) is 0 Å². The number of ether oxygens (including phenoxy) is 2. The zero-order valence-electron chi connectivity index (χ0n) is 21.3. The number of nitrogens with one attached hydrogen (secondary N) is 1. The summed E-state index contributed by atoms with van der Waals surface area (Å²) in [4.78, 5) is 27.6. The molecule has 0 aliphatic rings. The van der Waals surface area contributed by atoms with Gasteiger partial charge in [0.15, 0.2) is 6.61 Å². The fraction of sp³-hybridized carbons (Fsp3) is 0.481. The smallest absolute Gasteiger partial charge is 0.261 e. The summed E-state index contributed by atoms with van der Waals surface area (Å²) in [5.74, 6) is 1.18. The molecule has 2 amide bonds. The second kappa shape index (κ2) is 12.2. The number of amides is 2. The molecule has 2 aromatic rings. The Morgan fingerprint density at radius 1 is 1.06 bits per heavy atom. The molecule has 186 valence electrons. The molecule has 0 aromatic heterocycles. The molecular formula is C27H37BrN2O4. The molecule has 1 N–H and O–H groups in total. The van der Waals surface area contributed by atoms with E-state index in [1.807, 2.05) is 56.3 Å². The maximum atomic E-state index is 13.2. The molecule has 2 aromatic carbocycles. The highest BCUT2D eigenvalue weighted by atomic mass is 79.9. The molecule has 7 heteroatoms. The Labute approximate surface area is 212 Å². The standard InChI is InChI=1S/C27H37BrN2O4/c1-18(2)15-29-26(32)19(3)30(16-20-8-11-22(33-7)12-9-20)25(31)17-34-24-13-10-21(14-23(24)28)27(4,5)6/h8-14,18-19H,15-17H2,1-7H3,(H,29,32)/t19-/m0/s1. The van der Waals surface area contributed by atoms with Crippen molar-refractivity contribution in [2.24, 2.45) is 5.92 Å². The second-order valence-corrected chi connectivity index (χ2v) is 10.7. The third-order valence-electron chi connectivity index (χ3n) is 5.51. The van der Waals surface area contributed by atoms with Crippen LogP contribution in [0.4, 0.5) is 0 Å². The summed E-state index contributed by atoms with van der Waals surface area (Å²) in [5.41, 5.74) is 2.06. The average Bonchev–Trinajstić information content (AvgIpc) is 2.79. The molecule has 0 fully saturated rings. The number of rotatable bonds is 10. The molecule has 0 aliphatic carbocycles. The number of benzene rings is 2. The van der Waals surface area contributed by atoms with E-state index in [0.717, 1.165) is 21.3 Å². The molecule has 34 heavy (non-hydrogen) atoms. The number of nitrogens with zero attached hydrogens (tertiary/aromatic N) is 1. The lowest BCUT2D eigenvalue weighted by molar-refractivity contribution is -0.142. The van der Waals surface area contributed by atoms with E-state index in [1.54, 1.807) is 18.9 Å². The van der Waals surface area contributed by atoms with Crippen LogP contribution in [0.2, 0.25) is 0 Å². The van der Waals surface area contributed by atoms with E-state index in [2.05, 4.69) is 42.0 Å². The highest BCUT2D eigenvalue weighted by Gasteiger charge is 2.27. The Balaban J connectivity index is 2.17. The first kappa shape index (κ1) is 27.7. The van der Waals surface area contributed by atoms with Crippen molar-refractivity contribution < 1.29 is 19.1 Å². The summed E-state index contributed by atoms with van der Waals surface area (Å²) in [6, 6.07) is 12.7. The van der Waals surface area contributed by atoms with E-state index in [4.69, 9.17) is 9.47 Å². The normalized spacial score (nSPS) is 12.3. The summed E-state index contributed by atoms with van der Waals surface area (Å²) in [6.07, 6.45) is 0. The fourth-order valence-corrected chi connectivity index (χ4v) is 3.76. The Hall–Kier alpha value is -2.54. The van der Waals surface area contributed by atoms with Crippen molar-refractivity contribution in [1.82, 2.24) is 10.2 Å². The molecule has 0 heterocycles. The minimum absolute atomic E-state index is 0.00478. The van der Waals surface area contributed by atoms with Gasteiger partial charge in [0.1, 0.15) is 17.5 Å². The summed E-state index contributed by atoms with van der Waals surface area (Å²) in [6.45, 7) is 12.9. The maximum absolute atomic E-state index is 13.2. The van der Waals surface area contributed by atoms with Gasteiger partial charge in [0.2, 0.25) is 5.91 Å². The topological polar surface area (TPSA) is 67.9 Å². The molecule has 0 radical (unpaired) electrons. The van der Waals surface area contributed by atoms with Gasteiger partial charge in [-0.05, 0) is 69.6 Å². The first-order chi connectivity index (χ1) is 15.9. The first-order valence-corrected chi connectivity index (χ1v) is 12.3. The molecule has 0 aliphatic heterocycles. The van der Waals surface area contributed by atoms with Crippen molar-refractivity contribution in [3.63, 3.8) is 0 Å². The van der Waals surface area contributed by atoms with Crippen LogP contribution in [0, 0.1) is 5.92 Å². The molecule has 0 unspecified atom stereocenters. The maximum Gasteiger partial charge on any atom is 0.261 e. The van der Waals surface area contributed by atoms with Gasteiger partial charge in [0.05, 0.1) is 11.6 Å². The van der Waals surface area contributed by atoms with Crippen LogP contribution in [0.3, 0.4) is 0 Å². The molecular weight excluding hydrogens is 496 g/mol. The number of hydrogen-bond acceptors (Lipinski definition) is 4. The van der Waals surface area contributed by atoms with Crippen molar-refractivity contribution >= 4 is 27.7 Å². The molecule has 0 bridgehead atoms. The lowest BCUT2D eigenvalue weighted by Crippen LogP contribution is -2.49. The van der Waals surface area contributed by atoms with Crippen molar-refractivity contribution in [3.05, 3.63) is 58.1 Å². The Kier molecular flexibility index (Phi) is 9.98. The van der Waals surface area contributed by atoms with Gasteiger partial charge in [0, 0.05) is 13.1 Å². The second-order valence-electron chi connectivity index (χ2n) is 9.87. The van der Waals surface area contributed by atoms with Crippen LogP contribution >= 0.6 is 15.9 Å². The van der Waals surface area contributed by atoms with Crippen molar-refractivity contribution in [2.45, 2.75) is 59.5 Å². The molecule has 6 nitrogen and oxygen atoms in total. The summed E-state index contributed by atoms with van der Waals surface area (Å²) >= 11 is 3.55. The summed E-state index contributed by atoms with van der Waals surface area (Å²) in [7, 11) is 1.61. The van der Waals surface area contributed by atoms with Gasteiger partial charge in [-0.25, -0.2) is 0 Å². The summed E-state index contributed by atoms with van der Waals surface area (Å²) in [5, 5.41) is 2.92. The first-order valence-electron chi connectivity index (χ1n) is 11.5. The van der Waals surface area contributed by atoms with Crippen LogP contribution in [-0.2, 0) is 21.5 Å². The van der Waals surface area contributed by atoms with Gasteiger partial charge in [-0.3, -0.25) is 9.59 Å². The van der Waals surface area contributed by atoms with Gasteiger partial charge >= 0.3 is 0 Å². The van der Waals surface area contributed by atoms with E-state index in [1.165, 1.54) is 0 Å². The monoisotopic (exact) mass is 532 g/mol. The van der Waals surface area contributed by atoms with Crippen molar-refractivity contribution in [1.29, 1.82) is 0 Å². The number of carbonyl (C=O) groups is 2. The predicted molar refractivity (Wildman–Crippen MR) is 139 cm³/mol. The van der Waals surface area contributed by atoms with Gasteiger partial charge in [0.25, 0.3) is 5.91 Å². The predicted octanol–water partition coefficient (Wildman–Crippen LogP) is 5.32. The van der Waals surface area contributed by atoms with Gasteiger partial charge < -0.3 is 19.7 Å². The van der Waals surface area contributed by atoms with Crippen LogP contribution in [0.25, 0.3) is 0 Å². The molecule has 0 saturated heterocycles. The minimum atomic E-state index is -0.649. The SMILES string of the molecule is COc1ccc(CN(C(=O)COc2ccc(C(C)(C)C)cc2Br)[C@@H](C)C(=O)NCC(C)C)cc1. The number of halogens is 1. The van der Waals surface area contributed by atoms with Gasteiger partial charge in [-0.1, -0.05) is 52.8 Å². The van der Waals surface area contributed by atoms with Crippen LogP contribution < -0.4 is 14.8 Å². The number of hydrogen-bond donors (Lipinski definition) is 1. The molecule has 1 atom stereocenters. The molecule has 0 saturated carbocycles.